The Balaban J connectivity index is 2.71. The monoisotopic (exact) mass is 286 g/mol. The third kappa shape index (κ3) is 4.96. The first kappa shape index (κ1) is 15.6. The number of hydrogen-bond donors (Lipinski definition) is 2. The zero-order valence-corrected chi connectivity index (χ0v) is 12.1. The van der Waals surface area contributed by atoms with Gasteiger partial charge in [0.25, 0.3) is 0 Å². The molecule has 0 heterocycles. The maximum atomic E-state index is 8.74. The lowest BCUT2D eigenvalue weighted by molar-refractivity contribution is -0.0163. The SMILES string of the molecule is CC(C)(C)OCCOc1cccc(Cl)c1/C(N)=N/O. The van der Waals surface area contributed by atoms with E-state index in [9.17, 15) is 0 Å². The molecule has 0 radical (unpaired) electrons. The summed E-state index contributed by atoms with van der Waals surface area (Å²) < 4.78 is 11.1. The summed E-state index contributed by atoms with van der Waals surface area (Å²) in [5.41, 5.74) is 5.73. The van der Waals surface area contributed by atoms with Crippen molar-refractivity contribution in [2.24, 2.45) is 10.9 Å². The van der Waals surface area contributed by atoms with E-state index in [-0.39, 0.29) is 11.4 Å². The van der Waals surface area contributed by atoms with E-state index in [0.29, 0.717) is 29.5 Å². The number of benzene rings is 1. The number of halogens is 1. The first-order chi connectivity index (χ1) is 8.85. The van der Waals surface area contributed by atoms with Crippen LogP contribution in [0.3, 0.4) is 0 Å². The Kier molecular flexibility index (Phi) is 5.44. The van der Waals surface area contributed by atoms with Crippen LogP contribution in [0.1, 0.15) is 26.3 Å². The van der Waals surface area contributed by atoms with E-state index in [1.807, 2.05) is 20.8 Å². The van der Waals surface area contributed by atoms with Gasteiger partial charge in [0.2, 0.25) is 0 Å². The topological polar surface area (TPSA) is 77.1 Å². The smallest absolute Gasteiger partial charge is 0.175 e. The van der Waals surface area contributed by atoms with Crippen molar-refractivity contribution in [3.05, 3.63) is 28.8 Å². The van der Waals surface area contributed by atoms with Crippen LogP contribution in [0, 0.1) is 0 Å². The summed E-state index contributed by atoms with van der Waals surface area (Å²) in [5, 5.41) is 12.1. The van der Waals surface area contributed by atoms with Crippen LogP contribution in [0.15, 0.2) is 23.4 Å². The van der Waals surface area contributed by atoms with Gasteiger partial charge in [-0.05, 0) is 32.9 Å². The summed E-state index contributed by atoms with van der Waals surface area (Å²) in [7, 11) is 0. The highest BCUT2D eigenvalue weighted by molar-refractivity contribution is 6.34. The minimum atomic E-state index is -0.216. The van der Waals surface area contributed by atoms with Crippen LogP contribution in [0.2, 0.25) is 5.02 Å². The molecule has 0 aliphatic rings. The molecular weight excluding hydrogens is 268 g/mol. The number of oxime groups is 1. The Morgan fingerprint density at radius 3 is 2.63 bits per heavy atom. The van der Waals surface area contributed by atoms with Crippen molar-refractivity contribution in [1.29, 1.82) is 0 Å². The summed E-state index contributed by atoms with van der Waals surface area (Å²) in [6.45, 7) is 6.69. The molecule has 0 bridgehead atoms. The molecule has 0 unspecified atom stereocenters. The van der Waals surface area contributed by atoms with E-state index >= 15 is 0 Å². The Hall–Kier alpha value is -1.46. The van der Waals surface area contributed by atoms with E-state index in [4.69, 9.17) is 32.0 Å². The number of nitrogens with two attached hydrogens (primary N) is 1. The number of ether oxygens (including phenoxy) is 2. The van der Waals surface area contributed by atoms with Crippen LogP contribution in [0.25, 0.3) is 0 Å². The van der Waals surface area contributed by atoms with Crippen LogP contribution in [-0.4, -0.2) is 29.9 Å². The van der Waals surface area contributed by atoms with Crippen LogP contribution in [0.4, 0.5) is 0 Å². The van der Waals surface area contributed by atoms with Crippen LogP contribution >= 0.6 is 11.6 Å². The average molecular weight is 287 g/mol. The molecule has 1 aromatic carbocycles. The first-order valence-corrected chi connectivity index (χ1v) is 6.26. The van der Waals surface area contributed by atoms with Gasteiger partial charge < -0.3 is 20.4 Å². The maximum absolute atomic E-state index is 8.74. The molecule has 3 N–H and O–H groups in total. The largest absolute Gasteiger partial charge is 0.490 e. The van der Waals surface area contributed by atoms with Gasteiger partial charge in [0.15, 0.2) is 5.84 Å². The second-order valence-corrected chi connectivity index (χ2v) is 5.31. The molecule has 0 saturated heterocycles. The minimum Gasteiger partial charge on any atom is -0.490 e. The fraction of sp³-hybridized carbons (Fsp3) is 0.462. The molecule has 0 spiro atoms. The summed E-state index contributed by atoms with van der Waals surface area (Å²) in [5.74, 6) is 0.373. The minimum absolute atomic E-state index is 0.0858. The van der Waals surface area contributed by atoms with Gasteiger partial charge >= 0.3 is 0 Å². The molecule has 106 valence electrons. The highest BCUT2D eigenvalue weighted by atomic mass is 35.5. The molecule has 0 amide bonds. The van der Waals surface area contributed by atoms with Crippen molar-refractivity contribution in [3.8, 4) is 5.75 Å². The molecule has 19 heavy (non-hydrogen) atoms. The summed E-state index contributed by atoms with van der Waals surface area (Å²) in [6, 6.07) is 5.08. The van der Waals surface area contributed by atoms with Crippen molar-refractivity contribution in [3.63, 3.8) is 0 Å². The van der Waals surface area contributed by atoms with Gasteiger partial charge in [-0.3, -0.25) is 0 Å². The molecule has 1 aromatic rings. The molecule has 0 atom stereocenters. The van der Waals surface area contributed by atoms with E-state index < -0.39 is 0 Å². The van der Waals surface area contributed by atoms with Crippen molar-refractivity contribution in [2.45, 2.75) is 26.4 Å². The predicted molar refractivity (Wildman–Crippen MR) is 75.2 cm³/mol. The fourth-order valence-corrected chi connectivity index (χ4v) is 1.69. The van der Waals surface area contributed by atoms with Gasteiger partial charge in [0.05, 0.1) is 22.8 Å². The number of hydrogen-bond acceptors (Lipinski definition) is 4. The molecule has 0 fully saturated rings. The van der Waals surface area contributed by atoms with Crippen LogP contribution in [-0.2, 0) is 4.74 Å². The maximum Gasteiger partial charge on any atom is 0.175 e. The van der Waals surface area contributed by atoms with Gasteiger partial charge in [-0.2, -0.15) is 0 Å². The Labute approximate surface area is 117 Å². The average Bonchev–Trinajstić information content (AvgIpc) is 2.33. The summed E-state index contributed by atoms with van der Waals surface area (Å²) >= 11 is 6.01. The molecule has 1 rings (SSSR count). The van der Waals surface area contributed by atoms with Crippen molar-refractivity contribution in [1.82, 2.24) is 0 Å². The normalized spacial score (nSPS) is 12.5. The lowest BCUT2D eigenvalue weighted by atomic mass is 10.2. The molecular formula is C13H19ClN2O3. The highest BCUT2D eigenvalue weighted by Gasteiger charge is 2.14. The predicted octanol–water partition coefficient (Wildman–Crippen LogP) is 2.63. The Bertz CT molecular complexity index is 456. The van der Waals surface area contributed by atoms with Gasteiger partial charge in [0.1, 0.15) is 12.4 Å². The van der Waals surface area contributed by atoms with E-state index in [0.717, 1.165) is 0 Å². The van der Waals surface area contributed by atoms with E-state index in [1.54, 1.807) is 18.2 Å². The van der Waals surface area contributed by atoms with Crippen LogP contribution in [0.5, 0.6) is 5.75 Å². The molecule has 5 nitrogen and oxygen atoms in total. The Morgan fingerprint density at radius 1 is 1.37 bits per heavy atom. The lowest BCUT2D eigenvalue weighted by Gasteiger charge is -2.20. The van der Waals surface area contributed by atoms with Crippen molar-refractivity contribution in [2.75, 3.05) is 13.2 Å². The first-order valence-electron chi connectivity index (χ1n) is 5.88. The molecule has 0 aromatic heterocycles. The molecule has 0 aliphatic heterocycles. The number of nitrogens with zero attached hydrogens (tertiary/aromatic N) is 1. The van der Waals surface area contributed by atoms with Gasteiger partial charge in [0, 0.05) is 0 Å². The van der Waals surface area contributed by atoms with Crippen molar-refractivity contribution >= 4 is 17.4 Å². The number of amidine groups is 1. The second kappa shape index (κ2) is 6.63. The molecule has 0 saturated carbocycles. The lowest BCUT2D eigenvalue weighted by Crippen LogP contribution is -2.23. The highest BCUT2D eigenvalue weighted by Crippen LogP contribution is 2.26. The summed E-state index contributed by atoms with van der Waals surface area (Å²) in [6.07, 6.45) is 0. The quantitative estimate of drug-likeness (QED) is 0.287. The molecule has 0 aliphatic carbocycles. The van der Waals surface area contributed by atoms with Gasteiger partial charge in [-0.25, -0.2) is 0 Å². The summed E-state index contributed by atoms with van der Waals surface area (Å²) in [4.78, 5) is 0. The van der Waals surface area contributed by atoms with Crippen LogP contribution < -0.4 is 10.5 Å². The zero-order valence-electron chi connectivity index (χ0n) is 11.3. The van der Waals surface area contributed by atoms with Gasteiger partial charge in [-0.15, -0.1) is 0 Å². The van der Waals surface area contributed by atoms with Crippen molar-refractivity contribution < 1.29 is 14.7 Å². The standard InChI is InChI=1S/C13H19ClN2O3/c1-13(2,3)19-8-7-18-10-6-4-5-9(14)11(10)12(15)16-17/h4-6,17H,7-8H2,1-3H3,(H2,15,16). The zero-order chi connectivity index (χ0) is 14.5. The fourth-order valence-electron chi connectivity index (χ4n) is 1.42. The third-order valence-electron chi connectivity index (χ3n) is 2.22. The van der Waals surface area contributed by atoms with E-state index in [1.165, 1.54) is 0 Å². The molecule has 6 heteroatoms. The Morgan fingerprint density at radius 2 is 2.05 bits per heavy atom. The number of rotatable bonds is 5. The second-order valence-electron chi connectivity index (χ2n) is 4.91. The third-order valence-corrected chi connectivity index (χ3v) is 2.53. The van der Waals surface area contributed by atoms with Gasteiger partial charge in [-0.1, -0.05) is 22.8 Å². The van der Waals surface area contributed by atoms with E-state index in [2.05, 4.69) is 5.16 Å².